The smallest absolute Gasteiger partial charge is 0.265 e. The zero-order chi connectivity index (χ0) is 13.1. The van der Waals surface area contributed by atoms with Crippen LogP contribution in [0.3, 0.4) is 0 Å². The number of β-amino-alcohol motifs (C(OH)–C–C–N with tert-alkyl or cyclic N) is 1. The van der Waals surface area contributed by atoms with Gasteiger partial charge in [-0.1, -0.05) is 0 Å². The highest BCUT2D eigenvalue weighted by atomic mass is 16.5. The van der Waals surface area contributed by atoms with Crippen LogP contribution in [0, 0.1) is 0 Å². The minimum Gasteiger partial charge on any atom is -0.482 e. The summed E-state index contributed by atoms with van der Waals surface area (Å²) in [5.41, 5.74) is 12.2. The minimum atomic E-state index is -0.647. The minimum absolute atomic E-state index is 0.0216. The van der Waals surface area contributed by atoms with Gasteiger partial charge >= 0.3 is 0 Å². The third kappa shape index (κ3) is 2.55. The average molecular weight is 251 g/mol. The predicted molar refractivity (Wildman–Crippen MR) is 68.4 cm³/mol. The van der Waals surface area contributed by atoms with Gasteiger partial charge in [0.05, 0.1) is 18.3 Å². The van der Waals surface area contributed by atoms with E-state index in [9.17, 15) is 9.90 Å². The highest BCUT2D eigenvalue weighted by Gasteiger charge is 2.27. The van der Waals surface area contributed by atoms with Gasteiger partial charge in [0.25, 0.3) is 5.91 Å². The Bertz CT molecular complexity index is 450. The van der Waals surface area contributed by atoms with Gasteiger partial charge in [-0.25, -0.2) is 0 Å². The number of ether oxygens (including phenoxy) is 1. The molecule has 1 aliphatic rings. The monoisotopic (exact) mass is 251 g/mol. The second kappa shape index (κ2) is 5.24. The van der Waals surface area contributed by atoms with Crippen LogP contribution in [0.5, 0.6) is 5.75 Å². The summed E-state index contributed by atoms with van der Waals surface area (Å²) < 4.78 is 5.31. The Kier molecular flexibility index (Phi) is 3.69. The largest absolute Gasteiger partial charge is 0.482 e. The van der Waals surface area contributed by atoms with Crippen molar-refractivity contribution in [1.29, 1.82) is 0 Å². The molecule has 6 heteroatoms. The number of hydrogen-bond acceptors (Lipinski definition) is 5. The quantitative estimate of drug-likeness (QED) is 0.638. The zero-order valence-electron chi connectivity index (χ0n) is 10.0. The molecule has 0 spiro atoms. The normalized spacial score (nSPS) is 16.1. The second-order valence-corrected chi connectivity index (χ2v) is 4.25. The van der Waals surface area contributed by atoms with Gasteiger partial charge in [0.1, 0.15) is 5.75 Å². The first kappa shape index (κ1) is 12.7. The van der Waals surface area contributed by atoms with Crippen LogP contribution in [0.4, 0.5) is 11.4 Å². The first-order chi connectivity index (χ1) is 8.61. The highest BCUT2D eigenvalue weighted by Crippen LogP contribution is 2.33. The summed E-state index contributed by atoms with van der Waals surface area (Å²) in [5, 5.41) is 9.77. The number of amides is 1. The molecule has 1 aliphatic heterocycles. The molecule has 0 aliphatic carbocycles. The van der Waals surface area contributed by atoms with Crippen molar-refractivity contribution in [3.8, 4) is 5.75 Å². The van der Waals surface area contributed by atoms with E-state index in [1.807, 2.05) is 0 Å². The molecule has 0 saturated heterocycles. The maximum Gasteiger partial charge on any atom is 0.265 e. The van der Waals surface area contributed by atoms with Gasteiger partial charge in [-0.3, -0.25) is 4.79 Å². The third-order valence-electron chi connectivity index (χ3n) is 2.82. The Labute approximate surface area is 105 Å². The molecule has 0 radical (unpaired) electrons. The number of carbonyl (C=O) groups excluding carboxylic acids is 1. The summed E-state index contributed by atoms with van der Waals surface area (Å²) in [5.74, 6) is 0.410. The number of hydrogen-bond donors (Lipinski definition) is 3. The van der Waals surface area contributed by atoms with Crippen molar-refractivity contribution in [2.24, 2.45) is 5.73 Å². The number of aliphatic hydroxyl groups is 1. The highest BCUT2D eigenvalue weighted by molar-refractivity contribution is 5.98. The maximum absolute atomic E-state index is 11.8. The summed E-state index contributed by atoms with van der Waals surface area (Å²) in [6, 6.07) is 5.10. The van der Waals surface area contributed by atoms with Crippen LogP contribution in [0.25, 0.3) is 0 Å². The van der Waals surface area contributed by atoms with Gasteiger partial charge in [0.15, 0.2) is 6.61 Å². The number of benzene rings is 1. The van der Waals surface area contributed by atoms with Gasteiger partial charge in [0.2, 0.25) is 0 Å². The Morgan fingerprint density at radius 1 is 1.50 bits per heavy atom. The zero-order valence-corrected chi connectivity index (χ0v) is 10.0. The topological polar surface area (TPSA) is 102 Å². The van der Waals surface area contributed by atoms with Crippen molar-refractivity contribution in [3.05, 3.63) is 18.2 Å². The lowest BCUT2D eigenvalue weighted by atomic mass is 10.1. The van der Waals surface area contributed by atoms with Crippen molar-refractivity contribution in [2.45, 2.75) is 12.5 Å². The van der Waals surface area contributed by atoms with E-state index in [4.69, 9.17) is 16.2 Å². The average Bonchev–Trinajstić information content (AvgIpc) is 2.33. The molecule has 0 aromatic heterocycles. The fourth-order valence-corrected chi connectivity index (χ4v) is 1.91. The Hall–Kier alpha value is -1.79. The number of aliphatic hydroxyl groups excluding tert-OH is 1. The lowest BCUT2D eigenvalue weighted by Gasteiger charge is -2.31. The van der Waals surface area contributed by atoms with Crippen LogP contribution in [-0.4, -0.2) is 36.8 Å². The molecule has 1 amide bonds. The molecule has 1 aromatic rings. The van der Waals surface area contributed by atoms with E-state index < -0.39 is 6.10 Å². The van der Waals surface area contributed by atoms with Gasteiger partial charge in [-0.05, 0) is 31.2 Å². The molecule has 0 bridgehead atoms. The Balaban J connectivity index is 2.24. The van der Waals surface area contributed by atoms with Crippen molar-refractivity contribution >= 4 is 17.3 Å². The molecule has 98 valence electrons. The number of nitrogen functional groups attached to an aromatic ring is 1. The summed E-state index contributed by atoms with van der Waals surface area (Å²) in [6.07, 6.45) is -0.200. The van der Waals surface area contributed by atoms with E-state index in [0.29, 0.717) is 30.1 Å². The number of carbonyl (C=O) groups is 1. The van der Waals surface area contributed by atoms with Gasteiger partial charge < -0.3 is 26.2 Å². The van der Waals surface area contributed by atoms with E-state index in [1.165, 1.54) is 4.90 Å². The molecular weight excluding hydrogens is 234 g/mol. The summed E-state index contributed by atoms with van der Waals surface area (Å²) in [6.45, 7) is 0.561. The van der Waals surface area contributed by atoms with E-state index in [1.54, 1.807) is 18.2 Å². The first-order valence-corrected chi connectivity index (χ1v) is 5.82. The number of anilines is 2. The van der Waals surface area contributed by atoms with Gasteiger partial charge in [-0.15, -0.1) is 0 Å². The molecule has 0 fully saturated rings. The van der Waals surface area contributed by atoms with Gasteiger partial charge in [-0.2, -0.15) is 0 Å². The number of nitrogens with zero attached hydrogens (tertiary/aromatic N) is 1. The van der Waals surface area contributed by atoms with E-state index in [0.717, 1.165) is 0 Å². The lowest BCUT2D eigenvalue weighted by molar-refractivity contribution is -0.121. The molecule has 0 saturated carbocycles. The van der Waals surface area contributed by atoms with E-state index in [-0.39, 0.29) is 19.1 Å². The van der Waals surface area contributed by atoms with Crippen LogP contribution in [0.1, 0.15) is 6.42 Å². The van der Waals surface area contributed by atoms with Crippen molar-refractivity contribution < 1.29 is 14.6 Å². The molecule has 1 aromatic carbocycles. The van der Waals surface area contributed by atoms with Crippen LogP contribution in [0.15, 0.2) is 18.2 Å². The number of rotatable bonds is 4. The molecule has 1 unspecified atom stereocenters. The summed E-state index contributed by atoms with van der Waals surface area (Å²) in [4.78, 5) is 13.3. The van der Waals surface area contributed by atoms with Crippen molar-refractivity contribution in [1.82, 2.24) is 0 Å². The molecule has 2 rings (SSSR count). The molecule has 5 N–H and O–H groups in total. The molecule has 1 heterocycles. The standard InChI is InChI=1S/C12H17N3O3/c13-4-3-9(16)6-15-10-5-8(14)1-2-11(10)18-7-12(15)17/h1-2,5,9,16H,3-4,6-7,13-14H2. The van der Waals surface area contributed by atoms with Crippen molar-refractivity contribution in [3.63, 3.8) is 0 Å². The van der Waals surface area contributed by atoms with Crippen molar-refractivity contribution in [2.75, 3.05) is 30.3 Å². The van der Waals surface area contributed by atoms with Crippen LogP contribution in [-0.2, 0) is 4.79 Å². The van der Waals surface area contributed by atoms with Crippen LogP contribution in [0.2, 0.25) is 0 Å². The van der Waals surface area contributed by atoms with E-state index >= 15 is 0 Å². The maximum atomic E-state index is 11.8. The predicted octanol–water partition coefficient (Wildman–Crippen LogP) is -0.296. The van der Waals surface area contributed by atoms with E-state index in [2.05, 4.69) is 0 Å². The fraction of sp³-hybridized carbons (Fsp3) is 0.417. The van der Waals surface area contributed by atoms with Gasteiger partial charge in [0, 0.05) is 5.69 Å². The summed E-state index contributed by atoms with van der Waals surface area (Å²) >= 11 is 0. The summed E-state index contributed by atoms with van der Waals surface area (Å²) in [7, 11) is 0. The number of fused-ring (bicyclic) bond motifs is 1. The molecule has 1 atom stereocenters. The third-order valence-corrected chi connectivity index (χ3v) is 2.82. The van der Waals surface area contributed by atoms with Crippen LogP contribution >= 0.6 is 0 Å². The first-order valence-electron chi connectivity index (χ1n) is 5.82. The number of nitrogens with two attached hydrogens (primary N) is 2. The lowest BCUT2D eigenvalue weighted by Crippen LogP contribution is -2.43. The molecule has 18 heavy (non-hydrogen) atoms. The molecular formula is C12H17N3O3. The fourth-order valence-electron chi connectivity index (χ4n) is 1.91. The Morgan fingerprint density at radius 3 is 3.00 bits per heavy atom. The van der Waals surface area contributed by atoms with Crippen LogP contribution < -0.4 is 21.1 Å². The second-order valence-electron chi connectivity index (χ2n) is 4.25. The Morgan fingerprint density at radius 2 is 2.28 bits per heavy atom. The SMILES string of the molecule is NCCC(O)CN1C(=O)COc2ccc(N)cc21. The molecule has 6 nitrogen and oxygen atoms in total.